The van der Waals surface area contributed by atoms with E-state index in [0.717, 1.165) is 0 Å². The highest BCUT2D eigenvalue weighted by atomic mass is 19.4. The van der Waals surface area contributed by atoms with Crippen LogP contribution in [0.15, 0.2) is 0 Å². The van der Waals surface area contributed by atoms with E-state index in [4.69, 9.17) is 0 Å². The van der Waals surface area contributed by atoms with Crippen LogP contribution in [-0.4, -0.2) is 47.5 Å². The fraction of sp³-hybridized carbons (Fsp3) is 0.923. The minimum Gasteiger partial charge on any atom is -0.293 e. The minimum absolute atomic E-state index is 0.686. The van der Waals surface area contributed by atoms with Gasteiger partial charge in [0.15, 0.2) is 0 Å². The van der Waals surface area contributed by atoms with Crippen molar-refractivity contribution in [2.75, 3.05) is 0 Å². The molecule has 1 nitrogen and oxygen atoms in total. The van der Waals surface area contributed by atoms with Gasteiger partial charge in [0.1, 0.15) is 0 Å². The number of hydrogen-bond acceptors (Lipinski definition) is 1. The number of alkyl halides is 15. The van der Waals surface area contributed by atoms with Crippen molar-refractivity contribution in [2.24, 2.45) is 5.92 Å². The van der Waals surface area contributed by atoms with Crippen LogP contribution >= 0.6 is 0 Å². The van der Waals surface area contributed by atoms with Crippen LogP contribution in [0.5, 0.6) is 0 Å². The standard InChI is InChI=1S/C13H11F15O/c1-5(2)3-4-6(29)7(14,15)8(16,17)9(18,19)10(20,21)11(22,23)12(24,25)13(26,27)28/h5H,3-4H2,1-2H3. The summed E-state index contributed by atoms with van der Waals surface area (Å²) in [6.45, 7) is 2.43. The van der Waals surface area contributed by atoms with Crippen molar-refractivity contribution < 1.29 is 70.7 Å². The number of Topliss-reactive ketones (excluding diaryl/α,β-unsaturated/α-hetero) is 1. The molecule has 0 unspecified atom stereocenters. The van der Waals surface area contributed by atoms with Gasteiger partial charge in [0.25, 0.3) is 0 Å². The van der Waals surface area contributed by atoms with Crippen molar-refractivity contribution in [2.45, 2.75) is 68.4 Å². The molecule has 0 aromatic heterocycles. The van der Waals surface area contributed by atoms with Crippen molar-refractivity contribution in [3.05, 3.63) is 0 Å². The zero-order chi connectivity index (χ0) is 24.1. The Kier molecular flexibility index (Phi) is 7.04. The molecule has 0 atom stereocenters. The lowest BCUT2D eigenvalue weighted by atomic mass is 9.88. The molecule has 0 aliphatic rings. The van der Waals surface area contributed by atoms with Gasteiger partial charge in [-0.1, -0.05) is 13.8 Å². The fourth-order valence-electron chi connectivity index (χ4n) is 1.72. The average molecular weight is 468 g/mol. The van der Waals surface area contributed by atoms with E-state index in [-0.39, 0.29) is 0 Å². The highest BCUT2D eigenvalue weighted by Gasteiger charge is 2.93. The summed E-state index contributed by atoms with van der Waals surface area (Å²) in [7, 11) is 0. The van der Waals surface area contributed by atoms with E-state index in [1.54, 1.807) is 0 Å². The first-order valence-electron chi connectivity index (χ1n) is 7.21. The summed E-state index contributed by atoms with van der Waals surface area (Å²) in [5.41, 5.74) is 0. The first-order valence-corrected chi connectivity index (χ1v) is 7.21. The molecule has 0 heterocycles. The summed E-state index contributed by atoms with van der Waals surface area (Å²) in [6, 6.07) is 0. The molecule has 29 heavy (non-hydrogen) atoms. The van der Waals surface area contributed by atoms with Gasteiger partial charge in [0, 0.05) is 6.42 Å². The van der Waals surface area contributed by atoms with Crippen LogP contribution in [0.25, 0.3) is 0 Å². The smallest absolute Gasteiger partial charge is 0.293 e. The lowest BCUT2D eigenvalue weighted by molar-refractivity contribution is -0.449. The molecule has 0 amide bonds. The molecule has 0 aliphatic carbocycles. The fourth-order valence-corrected chi connectivity index (χ4v) is 1.72. The van der Waals surface area contributed by atoms with Gasteiger partial charge >= 0.3 is 41.7 Å². The molecule has 174 valence electrons. The number of halogens is 15. The Bertz CT molecular complexity index is 602. The molecular formula is C13H11F15O. The second-order valence-corrected chi connectivity index (χ2v) is 6.30. The monoisotopic (exact) mass is 468 g/mol. The summed E-state index contributed by atoms with van der Waals surface area (Å²) in [5, 5.41) is 0. The quantitative estimate of drug-likeness (QED) is 0.360. The third-order valence-electron chi connectivity index (χ3n) is 3.63. The average Bonchev–Trinajstić information content (AvgIpc) is 2.50. The van der Waals surface area contributed by atoms with Crippen molar-refractivity contribution >= 4 is 5.78 Å². The van der Waals surface area contributed by atoms with E-state index >= 15 is 0 Å². The van der Waals surface area contributed by atoms with Crippen LogP contribution in [0.2, 0.25) is 0 Å². The maximum Gasteiger partial charge on any atom is 0.460 e. The first-order chi connectivity index (χ1) is 12.3. The molecule has 16 heteroatoms. The molecule has 0 N–H and O–H groups in total. The van der Waals surface area contributed by atoms with Gasteiger partial charge in [-0.05, 0) is 12.3 Å². The Labute approximate surface area is 152 Å². The van der Waals surface area contributed by atoms with Gasteiger partial charge in [0.2, 0.25) is 5.78 Å². The van der Waals surface area contributed by atoms with Gasteiger partial charge < -0.3 is 0 Å². The molecule has 0 saturated heterocycles. The number of hydrogen-bond donors (Lipinski definition) is 0. The topological polar surface area (TPSA) is 17.1 Å². The van der Waals surface area contributed by atoms with E-state index < -0.39 is 66.3 Å². The molecule has 0 aromatic carbocycles. The van der Waals surface area contributed by atoms with Crippen molar-refractivity contribution in [3.63, 3.8) is 0 Å². The normalized spacial score (nSPS) is 15.8. The van der Waals surface area contributed by atoms with Gasteiger partial charge in [-0.25, -0.2) is 0 Å². The van der Waals surface area contributed by atoms with Crippen LogP contribution in [0.4, 0.5) is 65.9 Å². The van der Waals surface area contributed by atoms with E-state index in [0.29, 0.717) is 0 Å². The van der Waals surface area contributed by atoms with Gasteiger partial charge in [-0.15, -0.1) is 0 Å². The summed E-state index contributed by atoms with van der Waals surface area (Å²) in [5.74, 6) is -51.3. The Morgan fingerprint density at radius 1 is 0.586 bits per heavy atom. The van der Waals surface area contributed by atoms with Crippen molar-refractivity contribution in [1.82, 2.24) is 0 Å². The van der Waals surface area contributed by atoms with Gasteiger partial charge in [-0.3, -0.25) is 4.79 Å². The highest BCUT2D eigenvalue weighted by Crippen LogP contribution is 2.62. The maximum absolute atomic E-state index is 13.4. The number of carbonyl (C=O) groups is 1. The van der Waals surface area contributed by atoms with Crippen molar-refractivity contribution in [3.8, 4) is 0 Å². The molecule has 0 rings (SSSR count). The summed E-state index contributed by atoms with van der Waals surface area (Å²) in [6.07, 6.45) is -9.98. The first kappa shape index (κ1) is 27.6. The molecule has 0 fully saturated rings. The Morgan fingerprint density at radius 3 is 1.21 bits per heavy atom. The number of ketones is 1. The van der Waals surface area contributed by atoms with Crippen LogP contribution in [0, 0.1) is 5.92 Å². The summed E-state index contributed by atoms with van der Waals surface area (Å²) >= 11 is 0. The van der Waals surface area contributed by atoms with Gasteiger partial charge in [0.05, 0.1) is 0 Å². The van der Waals surface area contributed by atoms with Crippen LogP contribution in [0.3, 0.4) is 0 Å². The SMILES string of the molecule is CC(C)CCC(=O)C(F)(F)C(F)(F)C(F)(F)C(F)(F)C(F)(F)C(F)(F)C(F)(F)F. The van der Waals surface area contributed by atoms with Gasteiger partial charge in [-0.2, -0.15) is 65.9 Å². The van der Waals surface area contributed by atoms with Crippen molar-refractivity contribution in [1.29, 1.82) is 0 Å². The predicted molar refractivity (Wildman–Crippen MR) is 64.8 cm³/mol. The van der Waals surface area contributed by atoms with E-state index in [2.05, 4.69) is 0 Å². The summed E-state index contributed by atoms with van der Waals surface area (Å²) in [4.78, 5) is 11.1. The van der Waals surface area contributed by atoms with Crippen LogP contribution < -0.4 is 0 Å². The predicted octanol–water partition coefficient (Wildman–Crippen LogP) is 6.37. The lowest BCUT2D eigenvalue weighted by Crippen LogP contribution is -2.73. The second-order valence-electron chi connectivity index (χ2n) is 6.30. The van der Waals surface area contributed by atoms with E-state index in [9.17, 15) is 70.7 Å². The third kappa shape index (κ3) is 3.99. The second kappa shape index (κ2) is 7.39. The molecule has 0 aromatic rings. The number of carbonyl (C=O) groups excluding carboxylic acids is 1. The molecule has 0 saturated carbocycles. The minimum atomic E-state index is -8.37. The highest BCUT2D eigenvalue weighted by molar-refractivity contribution is 5.87. The maximum atomic E-state index is 13.4. The zero-order valence-electron chi connectivity index (χ0n) is 14.1. The molecule has 0 radical (unpaired) electrons. The third-order valence-corrected chi connectivity index (χ3v) is 3.63. The lowest BCUT2D eigenvalue weighted by Gasteiger charge is -2.41. The Morgan fingerprint density at radius 2 is 0.897 bits per heavy atom. The largest absolute Gasteiger partial charge is 0.460 e. The molecule has 0 aliphatic heterocycles. The molecule has 0 bridgehead atoms. The summed E-state index contributed by atoms with van der Waals surface area (Å²) < 4.78 is 194. The Balaban J connectivity index is 6.39. The molecular weight excluding hydrogens is 457 g/mol. The number of rotatable bonds is 9. The zero-order valence-corrected chi connectivity index (χ0v) is 14.1. The molecule has 0 spiro atoms. The van der Waals surface area contributed by atoms with E-state index in [1.165, 1.54) is 13.8 Å². The van der Waals surface area contributed by atoms with E-state index in [1.807, 2.05) is 0 Å². The Hall–Kier alpha value is -1.38. The van der Waals surface area contributed by atoms with Crippen LogP contribution in [0.1, 0.15) is 26.7 Å². The van der Waals surface area contributed by atoms with Crippen LogP contribution in [-0.2, 0) is 4.79 Å².